The lowest BCUT2D eigenvalue weighted by atomic mass is 10.1. The van der Waals surface area contributed by atoms with E-state index >= 15 is 0 Å². The van der Waals surface area contributed by atoms with Crippen molar-refractivity contribution in [3.05, 3.63) is 5.69 Å². The number of nitrogens with one attached hydrogen (secondary N) is 1. The van der Waals surface area contributed by atoms with Gasteiger partial charge in [0.25, 0.3) is 0 Å². The minimum Gasteiger partial charge on any atom is -0.394 e. The summed E-state index contributed by atoms with van der Waals surface area (Å²) in [4.78, 5) is 0. The van der Waals surface area contributed by atoms with Gasteiger partial charge in [-0.2, -0.15) is 5.10 Å². The monoisotopic (exact) mass is 208 g/mol. The minimum atomic E-state index is 0.509. The van der Waals surface area contributed by atoms with Crippen molar-refractivity contribution in [1.82, 2.24) is 9.78 Å². The molecule has 1 aromatic rings. The van der Waals surface area contributed by atoms with Crippen LogP contribution in [0.25, 0.3) is 0 Å². The molecule has 1 fully saturated rings. The average Bonchev–Trinajstić information content (AvgIpc) is 2.65. The maximum absolute atomic E-state index is 5.93. The lowest BCUT2D eigenvalue weighted by molar-refractivity contribution is 0.571. The highest BCUT2D eigenvalue weighted by atomic mass is 15.3. The van der Waals surface area contributed by atoms with Crippen LogP contribution < -0.4 is 11.1 Å². The number of anilines is 2. The van der Waals surface area contributed by atoms with Crippen molar-refractivity contribution >= 4 is 11.5 Å². The number of nitrogen functional groups attached to an aromatic ring is 1. The number of nitrogens with two attached hydrogens (primary N) is 1. The molecule has 1 unspecified atom stereocenters. The van der Waals surface area contributed by atoms with Crippen LogP contribution in [0.4, 0.5) is 11.5 Å². The second-order valence-electron chi connectivity index (χ2n) is 5.24. The Morgan fingerprint density at radius 3 is 2.60 bits per heavy atom. The average molecular weight is 208 g/mol. The van der Waals surface area contributed by atoms with Crippen molar-refractivity contribution in [2.75, 3.05) is 17.6 Å². The van der Waals surface area contributed by atoms with Crippen molar-refractivity contribution in [2.45, 2.75) is 27.2 Å². The van der Waals surface area contributed by atoms with Gasteiger partial charge in [-0.1, -0.05) is 13.8 Å². The van der Waals surface area contributed by atoms with Crippen LogP contribution in [0.1, 0.15) is 26.0 Å². The summed E-state index contributed by atoms with van der Waals surface area (Å²) in [5.74, 6) is 1.72. The number of aryl methyl sites for hydroxylation is 2. The fourth-order valence-corrected chi connectivity index (χ4v) is 2.03. The van der Waals surface area contributed by atoms with Crippen LogP contribution in [0.15, 0.2) is 0 Å². The van der Waals surface area contributed by atoms with Crippen LogP contribution in [-0.2, 0) is 7.05 Å². The van der Waals surface area contributed by atoms with E-state index in [1.807, 2.05) is 18.7 Å². The maximum Gasteiger partial charge on any atom is 0.147 e. The highest BCUT2D eigenvalue weighted by Gasteiger charge is 2.45. The van der Waals surface area contributed by atoms with Gasteiger partial charge in [-0.15, -0.1) is 0 Å². The molecular formula is C11H20N4. The smallest absolute Gasteiger partial charge is 0.147 e. The molecule has 1 atom stereocenters. The first kappa shape index (κ1) is 10.3. The summed E-state index contributed by atoms with van der Waals surface area (Å²) in [6.45, 7) is 7.53. The molecule has 4 nitrogen and oxygen atoms in total. The summed E-state index contributed by atoms with van der Waals surface area (Å²) in [7, 11) is 1.92. The van der Waals surface area contributed by atoms with Crippen LogP contribution in [0, 0.1) is 18.3 Å². The molecule has 0 radical (unpaired) electrons. The zero-order valence-electron chi connectivity index (χ0n) is 9.96. The summed E-state index contributed by atoms with van der Waals surface area (Å²) in [6.07, 6.45) is 1.30. The minimum absolute atomic E-state index is 0.509. The van der Waals surface area contributed by atoms with Crippen LogP contribution in [-0.4, -0.2) is 16.3 Å². The number of hydrogen-bond acceptors (Lipinski definition) is 3. The zero-order chi connectivity index (χ0) is 11.2. The summed E-state index contributed by atoms with van der Waals surface area (Å²) >= 11 is 0. The number of hydrogen-bond donors (Lipinski definition) is 2. The summed E-state index contributed by atoms with van der Waals surface area (Å²) in [6, 6.07) is 0. The molecule has 0 saturated heterocycles. The van der Waals surface area contributed by atoms with Crippen molar-refractivity contribution in [3.63, 3.8) is 0 Å². The Morgan fingerprint density at radius 2 is 2.20 bits per heavy atom. The molecule has 1 aliphatic carbocycles. The Labute approximate surface area is 90.8 Å². The van der Waals surface area contributed by atoms with Gasteiger partial charge in [0.2, 0.25) is 0 Å². The normalized spacial score (nSPS) is 22.8. The number of nitrogens with zero attached hydrogens (tertiary/aromatic N) is 2. The SMILES string of the molecule is Cc1nn(C)c(NCC2CC2(C)C)c1N. The van der Waals surface area contributed by atoms with Gasteiger partial charge in [0.05, 0.1) is 11.4 Å². The van der Waals surface area contributed by atoms with Gasteiger partial charge >= 0.3 is 0 Å². The van der Waals surface area contributed by atoms with E-state index in [0.717, 1.165) is 29.7 Å². The first-order valence-electron chi connectivity index (χ1n) is 5.45. The van der Waals surface area contributed by atoms with E-state index in [1.54, 1.807) is 0 Å². The first-order valence-corrected chi connectivity index (χ1v) is 5.45. The number of aromatic nitrogens is 2. The third-order valence-corrected chi connectivity index (χ3v) is 3.50. The Kier molecular flexibility index (Phi) is 2.17. The van der Waals surface area contributed by atoms with Gasteiger partial charge in [0.15, 0.2) is 0 Å². The van der Waals surface area contributed by atoms with Crippen LogP contribution in [0.5, 0.6) is 0 Å². The van der Waals surface area contributed by atoms with Gasteiger partial charge in [0, 0.05) is 13.6 Å². The molecule has 1 saturated carbocycles. The van der Waals surface area contributed by atoms with Gasteiger partial charge in [0.1, 0.15) is 5.82 Å². The first-order chi connectivity index (χ1) is 6.92. The van der Waals surface area contributed by atoms with E-state index in [-0.39, 0.29) is 0 Å². The van der Waals surface area contributed by atoms with E-state index in [1.165, 1.54) is 6.42 Å². The van der Waals surface area contributed by atoms with Crippen molar-refractivity contribution in [2.24, 2.45) is 18.4 Å². The molecule has 1 aromatic heterocycles. The molecule has 0 spiro atoms. The van der Waals surface area contributed by atoms with E-state index in [4.69, 9.17) is 5.73 Å². The summed E-state index contributed by atoms with van der Waals surface area (Å²) in [5, 5.41) is 7.67. The van der Waals surface area contributed by atoms with Crippen LogP contribution in [0.2, 0.25) is 0 Å². The molecule has 1 heterocycles. The van der Waals surface area contributed by atoms with Gasteiger partial charge < -0.3 is 11.1 Å². The van der Waals surface area contributed by atoms with E-state index in [9.17, 15) is 0 Å². The van der Waals surface area contributed by atoms with Crippen molar-refractivity contribution in [1.29, 1.82) is 0 Å². The van der Waals surface area contributed by atoms with Gasteiger partial charge in [-0.3, -0.25) is 4.68 Å². The molecule has 0 bridgehead atoms. The highest BCUT2D eigenvalue weighted by molar-refractivity contribution is 5.64. The fraction of sp³-hybridized carbons (Fsp3) is 0.727. The Hall–Kier alpha value is -1.19. The predicted octanol–water partition coefficient (Wildman–Crippen LogP) is 1.77. The molecule has 4 heteroatoms. The Bertz CT molecular complexity index is 378. The van der Waals surface area contributed by atoms with E-state index < -0.39 is 0 Å². The molecular weight excluding hydrogens is 188 g/mol. The molecule has 0 aliphatic heterocycles. The second-order valence-corrected chi connectivity index (χ2v) is 5.24. The lowest BCUT2D eigenvalue weighted by Gasteiger charge is -2.08. The molecule has 0 aromatic carbocycles. The third-order valence-electron chi connectivity index (χ3n) is 3.50. The molecule has 84 valence electrons. The topological polar surface area (TPSA) is 55.9 Å². The third kappa shape index (κ3) is 1.80. The van der Waals surface area contributed by atoms with Gasteiger partial charge in [-0.25, -0.2) is 0 Å². The van der Waals surface area contributed by atoms with E-state index in [0.29, 0.717) is 5.41 Å². The van der Waals surface area contributed by atoms with Crippen molar-refractivity contribution in [3.8, 4) is 0 Å². The zero-order valence-corrected chi connectivity index (χ0v) is 9.96. The van der Waals surface area contributed by atoms with Crippen LogP contribution >= 0.6 is 0 Å². The molecule has 0 amide bonds. The van der Waals surface area contributed by atoms with E-state index in [2.05, 4.69) is 24.3 Å². The summed E-state index contributed by atoms with van der Waals surface area (Å²) in [5.41, 5.74) is 8.11. The predicted molar refractivity (Wildman–Crippen MR) is 62.7 cm³/mol. The summed E-state index contributed by atoms with van der Waals surface area (Å²) < 4.78 is 1.82. The maximum atomic E-state index is 5.93. The second kappa shape index (κ2) is 3.15. The lowest BCUT2D eigenvalue weighted by Crippen LogP contribution is -2.11. The standard InChI is InChI=1S/C11H20N4/c1-7-9(12)10(15(4)14-7)13-6-8-5-11(8,2)3/h8,13H,5-6,12H2,1-4H3. The molecule has 2 rings (SSSR count). The Balaban J connectivity index is 2.00. The molecule has 1 aliphatic rings. The molecule has 15 heavy (non-hydrogen) atoms. The quantitative estimate of drug-likeness (QED) is 0.796. The highest BCUT2D eigenvalue weighted by Crippen LogP contribution is 2.51. The fourth-order valence-electron chi connectivity index (χ4n) is 2.03. The van der Waals surface area contributed by atoms with Crippen LogP contribution in [0.3, 0.4) is 0 Å². The number of rotatable bonds is 3. The largest absolute Gasteiger partial charge is 0.394 e. The van der Waals surface area contributed by atoms with Crippen molar-refractivity contribution < 1.29 is 0 Å². The Morgan fingerprint density at radius 1 is 1.60 bits per heavy atom. The molecule has 3 N–H and O–H groups in total. The van der Waals surface area contributed by atoms with Gasteiger partial charge in [-0.05, 0) is 24.7 Å².